The highest BCUT2D eigenvalue weighted by Crippen LogP contribution is 2.41. The first-order valence-electron chi connectivity index (χ1n) is 14.3. The molecule has 18 nitrogen and oxygen atoms in total. The van der Waals surface area contributed by atoms with Crippen molar-refractivity contribution in [3.63, 3.8) is 0 Å². The van der Waals surface area contributed by atoms with Gasteiger partial charge in [-0.05, 0) is 31.4 Å². The van der Waals surface area contributed by atoms with Crippen molar-refractivity contribution in [2.24, 2.45) is 5.16 Å². The molecule has 4 aliphatic rings. The number of thiazole rings is 1. The summed E-state index contributed by atoms with van der Waals surface area (Å²) < 4.78 is 14.8. The van der Waals surface area contributed by atoms with Crippen molar-refractivity contribution in [1.82, 2.24) is 25.0 Å². The van der Waals surface area contributed by atoms with Crippen molar-refractivity contribution in [2.75, 3.05) is 31.1 Å². The van der Waals surface area contributed by atoms with Crippen LogP contribution in [0.25, 0.3) is 0 Å². The van der Waals surface area contributed by atoms with E-state index in [1.807, 2.05) is 0 Å². The van der Waals surface area contributed by atoms with Gasteiger partial charge in [-0.3, -0.25) is 19.3 Å². The second kappa shape index (κ2) is 13.0. The number of hydrogen-bond acceptors (Lipinski definition) is 15. The van der Waals surface area contributed by atoms with Crippen LogP contribution in [0, 0.1) is 6.92 Å². The molecule has 0 radical (unpaired) electrons. The summed E-state index contributed by atoms with van der Waals surface area (Å²) >= 11 is 8.07. The standard InChI is InChI=1S/C27H26ClN7O11S2/c1-10-14(46-27(42)45-10)8-44-26(41)33-4-3-13(7-33)34-5-2-11(21(34)37)6-12-9-47-23-17(22(38)35(23)18(12)24(39)40)30-20(36)16(32-43)15-19(28)48-25(29)31-15/h6,13,17,23,43H,2-5,7-9H2,1H3,(H2,29,31)(H,30,36)(H,39,40)/b11-6+,32-16-/t13-,17-,23-/m1/s1. The van der Waals surface area contributed by atoms with Crippen LogP contribution in [0.5, 0.6) is 0 Å². The Hall–Kier alpha value is -4.82. The maximum Gasteiger partial charge on any atom is 0.519 e. The van der Waals surface area contributed by atoms with Crippen molar-refractivity contribution >= 4 is 75.3 Å². The fraction of sp³-hybridized carbons (Fsp3) is 0.407. The number of carbonyl (C=O) groups is 5. The summed E-state index contributed by atoms with van der Waals surface area (Å²) in [5.74, 6) is -3.84. The van der Waals surface area contributed by atoms with E-state index in [1.54, 1.807) is 4.90 Å². The number of rotatable bonds is 8. The topological polar surface area (TPSA) is 251 Å². The molecule has 0 bridgehead atoms. The molecule has 2 aromatic rings. The van der Waals surface area contributed by atoms with Gasteiger partial charge in [0.1, 0.15) is 27.1 Å². The number of nitrogens with zero attached hydrogens (tertiary/aromatic N) is 5. The van der Waals surface area contributed by atoms with Crippen LogP contribution in [0.2, 0.25) is 4.34 Å². The summed E-state index contributed by atoms with van der Waals surface area (Å²) in [6, 6.07) is -1.44. The molecule has 3 saturated heterocycles. The number of β-lactam (4-membered cyclic amide) rings is 1. The van der Waals surface area contributed by atoms with Crippen LogP contribution in [0.15, 0.2) is 41.7 Å². The minimum Gasteiger partial charge on any atom is -0.477 e. The SMILES string of the molecule is Cc1oc(=O)oc1COC(=O)N1CC[C@@H](N2CC/C(=C\C3=C(C(=O)O)N4C(=O)[C@@H](NC(=O)/C(=N\O)c5nc(N)sc5Cl)[C@H]4SC3)C2=O)C1. The number of aryl methyl sites for hydroxylation is 1. The van der Waals surface area contributed by atoms with Gasteiger partial charge in [0, 0.05) is 31.0 Å². The summed E-state index contributed by atoms with van der Waals surface area (Å²) in [5.41, 5.74) is 5.17. The molecule has 0 aromatic carbocycles. The molecule has 2 aromatic heterocycles. The molecule has 4 amide bonds. The molecule has 6 heterocycles. The van der Waals surface area contributed by atoms with Crippen molar-refractivity contribution in [1.29, 1.82) is 0 Å². The molecule has 4 aliphatic heterocycles. The molecular weight excluding hydrogens is 698 g/mol. The molecular formula is C27H26ClN7O11S2. The van der Waals surface area contributed by atoms with Gasteiger partial charge in [0.15, 0.2) is 29.0 Å². The summed E-state index contributed by atoms with van der Waals surface area (Å²) in [6.07, 6.45) is 1.66. The van der Waals surface area contributed by atoms with E-state index < -0.39 is 46.8 Å². The number of aliphatic carboxylic acids is 1. The first-order valence-corrected chi connectivity index (χ1v) is 16.5. The molecule has 0 aliphatic carbocycles. The van der Waals surface area contributed by atoms with Crippen molar-refractivity contribution in [3.8, 4) is 0 Å². The fourth-order valence-corrected chi connectivity index (χ4v) is 8.07. The first-order chi connectivity index (χ1) is 22.9. The number of nitrogens with one attached hydrogen (secondary N) is 1. The smallest absolute Gasteiger partial charge is 0.477 e. The molecule has 6 rings (SSSR count). The van der Waals surface area contributed by atoms with Crippen LogP contribution in [0.1, 0.15) is 30.1 Å². The van der Waals surface area contributed by atoms with Gasteiger partial charge in [0.05, 0.1) is 6.04 Å². The largest absolute Gasteiger partial charge is 0.519 e. The Morgan fingerprint density at radius 3 is 2.67 bits per heavy atom. The Kier molecular flexibility index (Phi) is 8.96. The second-order valence-corrected chi connectivity index (χ2v) is 13.7. The van der Waals surface area contributed by atoms with Crippen LogP contribution < -0.4 is 16.9 Å². The van der Waals surface area contributed by atoms with E-state index in [-0.39, 0.29) is 68.8 Å². The number of aromatic nitrogens is 1. The number of allylic oxidation sites excluding steroid dienone is 1. The minimum atomic E-state index is -1.38. The first kappa shape index (κ1) is 33.1. The third-order valence-electron chi connectivity index (χ3n) is 8.16. The Morgan fingerprint density at radius 1 is 1.25 bits per heavy atom. The van der Waals surface area contributed by atoms with E-state index in [0.29, 0.717) is 31.5 Å². The van der Waals surface area contributed by atoms with Crippen molar-refractivity contribution in [2.45, 2.75) is 43.8 Å². The maximum atomic E-state index is 13.4. The average molecular weight is 724 g/mol. The van der Waals surface area contributed by atoms with Crippen LogP contribution in [0.4, 0.5) is 9.93 Å². The van der Waals surface area contributed by atoms with E-state index in [0.717, 1.165) is 16.2 Å². The van der Waals surface area contributed by atoms with Gasteiger partial charge in [-0.1, -0.05) is 28.1 Å². The third-order valence-corrected chi connectivity index (χ3v) is 10.5. The zero-order chi connectivity index (χ0) is 34.4. The van der Waals surface area contributed by atoms with Gasteiger partial charge in [0.25, 0.3) is 11.8 Å². The average Bonchev–Trinajstić information content (AvgIpc) is 3.82. The lowest BCUT2D eigenvalue weighted by molar-refractivity contribution is -0.150. The van der Waals surface area contributed by atoms with Gasteiger partial charge < -0.3 is 44.7 Å². The summed E-state index contributed by atoms with van der Waals surface area (Å²) in [4.78, 5) is 83.6. The number of carboxylic acids is 1. The van der Waals surface area contributed by atoms with Crippen LogP contribution in [-0.2, 0) is 30.5 Å². The summed E-state index contributed by atoms with van der Waals surface area (Å²) in [6.45, 7) is 2.12. The van der Waals surface area contributed by atoms with E-state index >= 15 is 0 Å². The normalized spacial score (nSPS) is 23.5. The number of thioether (sulfide) groups is 1. The van der Waals surface area contributed by atoms with Crippen LogP contribution in [0.3, 0.4) is 0 Å². The summed E-state index contributed by atoms with van der Waals surface area (Å²) in [7, 11) is 0. The highest BCUT2D eigenvalue weighted by atomic mass is 35.5. The van der Waals surface area contributed by atoms with E-state index in [2.05, 4.69) is 15.5 Å². The van der Waals surface area contributed by atoms with E-state index in [1.165, 1.54) is 29.7 Å². The van der Waals surface area contributed by atoms with Gasteiger partial charge in [-0.25, -0.2) is 19.4 Å². The zero-order valence-electron chi connectivity index (χ0n) is 24.8. The molecule has 0 unspecified atom stereocenters. The number of halogens is 1. The number of ether oxygens (including phenoxy) is 1. The number of anilines is 1. The Bertz CT molecular complexity index is 1880. The summed E-state index contributed by atoms with van der Waals surface area (Å²) in [5, 5.41) is 24.1. The lowest BCUT2D eigenvalue weighted by Gasteiger charge is -2.49. The van der Waals surface area contributed by atoms with Gasteiger partial charge in [0.2, 0.25) is 5.91 Å². The maximum absolute atomic E-state index is 13.4. The highest BCUT2D eigenvalue weighted by Gasteiger charge is 2.54. The number of carbonyl (C=O) groups excluding carboxylic acids is 4. The lowest BCUT2D eigenvalue weighted by Crippen LogP contribution is -2.71. The number of fused-ring (bicyclic) bond motifs is 1. The van der Waals surface area contributed by atoms with Gasteiger partial charge >= 0.3 is 17.9 Å². The molecule has 48 heavy (non-hydrogen) atoms. The number of carboxylic acid groups (broad SMARTS) is 1. The minimum absolute atomic E-state index is 0.000543. The molecule has 5 N–H and O–H groups in total. The number of nitrogens with two attached hydrogens (primary N) is 1. The predicted molar refractivity (Wildman–Crippen MR) is 166 cm³/mol. The van der Waals surface area contributed by atoms with Gasteiger partial charge in [-0.2, -0.15) is 0 Å². The lowest BCUT2D eigenvalue weighted by atomic mass is 10.0. The second-order valence-electron chi connectivity index (χ2n) is 11.0. The number of nitrogen functional groups attached to an aromatic ring is 1. The number of amides is 4. The number of oxime groups is 1. The monoisotopic (exact) mass is 723 g/mol. The number of hydrogen-bond donors (Lipinski definition) is 4. The Morgan fingerprint density at radius 2 is 2.02 bits per heavy atom. The molecule has 0 saturated carbocycles. The van der Waals surface area contributed by atoms with E-state index in [9.17, 15) is 39.1 Å². The van der Waals surface area contributed by atoms with E-state index in [4.69, 9.17) is 30.9 Å². The Labute approximate surface area is 282 Å². The fourth-order valence-electron chi connectivity index (χ4n) is 5.84. The highest BCUT2D eigenvalue weighted by molar-refractivity contribution is 8.00. The number of likely N-dealkylation sites (tertiary alicyclic amines) is 2. The van der Waals surface area contributed by atoms with Crippen LogP contribution >= 0.6 is 34.7 Å². The molecule has 3 atom stereocenters. The Balaban J connectivity index is 1.10. The zero-order valence-corrected chi connectivity index (χ0v) is 27.2. The third kappa shape index (κ3) is 6.01. The quantitative estimate of drug-likeness (QED) is 0.0963. The predicted octanol–water partition coefficient (Wildman–Crippen LogP) is 0.720. The molecule has 0 spiro atoms. The van der Waals surface area contributed by atoms with Gasteiger partial charge in [-0.15, -0.1) is 11.8 Å². The van der Waals surface area contributed by atoms with Crippen LogP contribution in [-0.4, -0.2) is 108 Å². The van der Waals surface area contributed by atoms with Crippen molar-refractivity contribution in [3.05, 3.63) is 55.1 Å². The molecule has 3 fully saturated rings. The molecule has 254 valence electrons. The molecule has 21 heteroatoms. The van der Waals surface area contributed by atoms with Crippen molar-refractivity contribution < 1.29 is 47.9 Å².